The van der Waals surface area contributed by atoms with Gasteiger partial charge in [0, 0.05) is 43.7 Å². The van der Waals surface area contributed by atoms with Crippen molar-refractivity contribution >= 4 is 23.1 Å². The second-order valence-corrected chi connectivity index (χ2v) is 8.00. The van der Waals surface area contributed by atoms with Gasteiger partial charge in [-0.3, -0.25) is 9.69 Å². The number of carbonyl (C=O) groups is 1. The first-order valence-corrected chi connectivity index (χ1v) is 9.77. The number of aromatic nitrogens is 2. The zero-order valence-corrected chi connectivity index (χ0v) is 15.8. The molecule has 0 aromatic carbocycles. The molecular formula is C18H27N5OS. The van der Waals surface area contributed by atoms with Crippen LogP contribution in [0.25, 0.3) is 0 Å². The van der Waals surface area contributed by atoms with E-state index < -0.39 is 0 Å². The summed E-state index contributed by atoms with van der Waals surface area (Å²) in [4.78, 5) is 18.3. The van der Waals surface area contributed by atoms with E-state index in [1.165, 1.54) is 4.88 Å². The average molecular weight is 362 g/mol. The smallest absolute Gasteiger partial charge is 0.239 e. The van der Waals surface area contributed by atoms with Crippen molar-refractivity contribution in [3.8, 4) is 0 Å². The van der Waals surface area contributed by atoms with E-state index in [4.69, 9.17) is 0 Å². The summed E-state index contributed by atoms with van der Waals surface area (Å²) in [7, 11) is 0. The average Bonchev–Trinajstić information content (AvgIpc) is 3.22. The number of amides is 1. The highest BCUT2D eigenvalue weighted by molar-refractivity contribution is 7.09. The molecule has 25 heavy (non-hydrogen) atoms. The Kier molecular flexibility index (Phi) is 6.23. The molecule has 1 aliphatic rings. The SMILES string of the molecule is CC(C)CN1CCN(CC(=O)Nc2ccnn2Cc2cccs2)CC1. The highest BCUT2D eigenvalue weighted by atomic mass is 32.1. The number of thiophene rings is 1. The first-order valence-electron chi connectivity index (χ1n) is 8.89. The maximum absolute atomic E-state index is 12.4. The summed E-state index contributed by atoms with van der Waals surface area (Å²) < 4.78 is 1.84. The highest BCUT2D eigenvalue weighted by Gasteiger charge is 2.19. The van der Waals surface area contributed by atoms with E-state index in [2.05, 4.69) is 45.5 Å². The van der Waals surface area contributed by atoms with E-state index in [-0.39, 0.29) is 5.91 Å². The fraction of sp³-hybridized carbons (Fsp3) is 0.556. The lowest BCUT2D eigenvalue weighted by atomic mass is 10.2. The lowest BCUT2D eigenvalue weighted by Gasteiger charge is -2.35. The third-order valence-electron chi connectivity index (χ3n) is 4.33. The molecule has 0 bridgehead atoms. The Morgan fingerprint density at radius 2 is 2.00 bits per heavy atom. The van der Waals surface area contributed by atoms with Crippen molar-refractivity contribution in [3.63, 3.8) is 0 Å². The summed E-state index contributed by atoms with van der Waals surface area (Å²) in [6.45, 7) is 10.8. The second-order valence-electron chi connectivity index (χ2n) is 6.97. The Labute approximate surface area is 153 Å². The van der Waals surface area contributed by atoms with Crippen LogP contribution in [0.2, 0.25) is 0 Å². The minimum Gasteiger partial charge on any atom is -0.310 e. The van der Waals surface area contributed by atoms with Gasteiger partial charge in [-0.05, 0) is 17.4 Å². The molecule has 0 spiro atoms. The van der Waals surface area contributed by atoms with Gasteiger partial charge >= 0.3 is 0 Å². The van der Waals surface area contributed by atoms with Crippen LogP contribution < -0.4 is 5.32 Å². The Hall–Kier alpha value is -1.70. The molecule has 136 valence electrons. The van der Waals surface area contributed by atoms with Gasteiger partial charge in [0.15, 0.2) is 0 Å². The minimum absolute atomic E-state index is 0.0326. The maximum atomic E-state index is 12.4. The van der Waals surface area contributed by atoms with Crippen molar-refractivity contribution < 1.29 is 4.79 Å². The monoisotopic (exact) mass is 361 g/mol. The molecule has 2 aromatic rings. The van der Waals surface area contributed by atoms with Crippen LogP contribution in [0.15, 0.2) is 29.8 Å². The largest absolute Gasteiger partial charge is 0.310 e. The molecular weight excluding hydrogens is 334 g/mol. The summed E-state index contributed by atoms with van der Waals surface area (Å²) >= 11 is 1.70. The van der Waals surface area contributed by atoms with E-state index in [9.17, 15) is 4.79 Å². The number of hydrogen-bond donors (Lipinski definition) is 1. The van der Waals surface area contributed by atoms with E-state index in [0.717, 1.165) is 38.5 Å². The first kappa shape index (κ1) is 18.1. The van der Waals surface area contributed by atoms with Gasteiger partial charge in [-0.2, -0.15) is 5.10 Å². The zero-order valence-electron chi connectivity index (χ0n) is 15.0. The van der Waals surface area contributed by atoms with Gasteiger partial charge in [0.1, 0.15) is 5.82 Å². The van der Waals surface area contributed by atoms with Crippen molar-refractivity contribution in [2.45, 2.75) is 20.4 Å². The summed E-state index contributed by atoms with van der Waals surface area (Å²) in [6, 6.07) is 5.96. The van der Waals surface area contributed by atoms with Crippen LogP contribution in [-0.4, -0.2) is 64.8 Å². The molecule has 3 heterocycles. The van der Waals surface area contributed by atoms with E-state index in [1.807, 2.05) is 16.8 Å². The van der Waals surface area contributed by atoms with Crippen molar-refractivity contribution in [2.24, 2.45) is 5.92 Å². The first-order chi connectivity index (χ1) is 12.1. The van der Waals surface area contributed by atoms with Crippen LogP contribution >= 0.6 is 11.3 Å². The lowest BCUT2D eigenvalue weighted by molar-refractivity contribution is -0.117. The number of piperazine rings is 1. The molecule has 0 atom stereocenters. The predicted molar refractivity (Wildman–Crippen MR) is 102 cm³/mol. The molecule has 1 amide bonds. The van der Waals surface area contributed by atoms with Crippen LogP contribution in [0.1, 0.15) is 18.7 Å². The number of nitrogens with zero attached hydrogens (tertiary/aromatic N) is 4. The standard InChI is InChI=1S/C18H27N5OS/c1-15(2)12-21-7-9-22(10-8-21)14-18(24)20-17-5-6-19-23(17)13-16-4-3-11-25-16/h3-6,11,15H,7-10,12-14H2,1-2H3,(H,20,24). The summed E-state index contributed by atoms with van der Waals surface area (Å²) in [5, 5.41) is 9.37. The Morgan fingerprint density at radius 3 is 2.68 bits per heavy atom. The number of hydrogen-bond acceptors (Lipinski definition) is 5. The van der Waals surface area contributed by atoms with Crippen LogP contribution in [0.4, 0.5) is 5.82 Å². The summed E-state index contributed by atoms with van der Waals surface area (Å²) in [5.74, 6) is 1.49. The van der Waals surface area contributed by atoms with Gasteiger partial charge in [-0.25, -0.2) is 4.68 Å². The maximum Gasteiger partial charge on any atom is 0.239 e. The minimum atomic E-state index is 0.0326. The van der Waals surface area contributed by atoms with Crippen molar-refractivity contribution in [1.29, 1.82) is 0 Å². The summed E-state index contributed by atoms with van der Waals surface area (Å²) in [5.41, 5.74) is 0. The molecule has 1 aliphatic heterocycles. The van der Waals surface area contributed by atoms with E-state index in [0.29, 0.717) is 19.0 Å². The number of rotatable bonds is 7. The molecule has 2 aromatic heterocycles. The summed E-state index contributed by atoms with van der Waals surface area (Å²) in [6.07, 6.45) is 1.73. The van der Waals surface area contributed by atoms with Gasteiger partial charge in [0.05, 0.1) is 19.3 Å². The topological polar surface area (TPSA) is 53.4 Å². The van der Waals surface area contributed by atoms with E-state index >= 15 is 0 Å². The molecule has 0 aliphatic carbocycles. The van der Waals surface area contributed by atoms with Gasteiger partial charge in [-0.15, -0.1) is 11.3 Å². The number of carbonyl (C=O) groups excluding carboxylic acids is 1. The van der Waals surface area contributed by atoms with Crippen molar-refractivity contribution in [3.05, 3.63) is 34.7 Å². The second kappa shape index (κ2) is 8.60. The molecule has 6 nitrogen and oxygen atoms in total. The van der Waals surface area contributed by atoms with Gasteiger partial charge in [0.25, 0.3) is 0 Å². The van der Waals surface area contributed by atoms with Gasteiger partial charge in [-0.1, -0.05) is 19.9 Å². The molecule has 1 saturated heterocycles. The Bertz CT molecular complexity index is 659. The van der Waals surface area contributed by atoms with Crippen LogP contribution in [0.5, 0.6) is 0 Å². The lowest BCUT2D eigenvalue weighted by Crippen LogP contribution is -2.49. The number of anilines is 1. The van der Waals surface area contributed by atoms with E-state index in [1.54, 1.807) is 17.5 Å². The zero-order chi connectivity index (χ0) is 17.6. The molecule has 0 radical (unpaired) electrons. The molecule has 1 N–H and O–H groups in total. The quantitative estimate of drug-likeness (QED) is 0.821. The Morgan fingerprint density at radius 1 is 1.24 bits per heavy atom. The number of nitrogens with one attached hydrogen (secondary N) is 1. The molecule has 1 fully saturated rings. The van der Waals surface area contributed by atoms with Crippen molar-refractivity contribution in [2.75, 3.05) is 44.6 Å². The third kappa shape index (κ3) is 5.39. The van der Waals surface area contributed by atoms with Gasteiger partial charge in [0.2, 0.25) is 5.91 Å². The fourth-order valence-electron chi connectivity index (χ4n) is 3.15. The Balaban J connectivity index is 1.47. The molecule has 0 unspecified atom stereocenters. The van der Waals surface area contributed by atoms with Crippen molar-refractivity contribution in [1.82, 2.24) is 19.6 Å². The molecule has 7 heteroatoms. The van der Waals surface area contributed by atoms with Crippen LogP contribution in [0, 0.1) is 5.92 Å². The normalized spacial score (nSPS) is 16.4. The molecule has 3 rings (SSSR count). The van der Waals surface area contributed by atoms with Gasteiger partial charge < -0.3 is 10.2 Å². The highest BCUT2D eigenvalue weighted by Crippen LogP contribution is 2.14. The molecule has 0 saturated carbocycles. The van der Waals surface area contributed by atoms with Crippen LogP contribution in [-0.2, 0) is 11.3 Å². The third-order valence-corrected chi connectivity index (χ3v) is 5.19. The predicted octanol–water partition coefficient (Wildman–Crippen LogP) is 2.21. The fourth-order valence-corrected chi connectivity index (χ4v) is 3.83. The van der Waals surface area contributed by atoms with Crippen LogP contribution in [0.3, 0.4) is 0 Å².